The smallest absolute Gasteiger partial charge is 0.433 e. The zero-order valence-electron chi connectivity index (χ0n) is 11.6. The van der Waals surface area contributed by atoms with Gasteiger partial charge in [0.15, 0.2) is 11.2 Å². The van der Waals surface area contributed by atoms with Gasteiger partial charge in [0.1, 0.15) is 5.69 Å². The molecule has 9 heteroatoms. The highest BCUT2D eigenvalue weighted by molar-refractivity contribution is 6.08. The molecule has 22 heavy (non-hydrogen) atoms. The molecule has 0 aromatic carbocycles. The number of hydrogen-bond acceptors (Lipinski definition) is 3. The molecule has 0 saturated carbocycles. The Balaban J connectivity index is 2.25. The minimum absolute atomic E-state index is 0.00682. The first-order chi connectivity index (χ1) is 10.2. The minimum atomic E-state index is -4.61. The summed E-state index contributed by atoms with van der Waals surface area (Å²) in [6.45, 7) is 0. The SMILES string of the molecule is Cn1nc(NC(=O)C2(C(=O)O)CC=CCC2)cc1C(F)(F)F. The Morgan fingerprint density at radius 1 is 1.41 bits per heavy atom. The molecule has 0 aliphatic heterocycles. The molecule has 2 rings (SSSR count). The van der Waals surface area contributed by atoms with Crippen molar-refractivity contribution in [2.75, 3.05) is 5.32 Å². The van der Waals surface area contributed by atoms with Gasteiger partial charge in [-0.1, -0.05) is 12.2 Å². The van der Waals surface area contributed by atoms with E-state index in [1.54, 1.807) is 12.2 Å². The van der Waals surface area contributed by atoms with Crippen molar-refractivity contribution in [2.45, 2.75) is 25.4 Å². The zero-order chi connectivity index (χ0) is 16.5. The Hall–Kier alpha value is -2.32. The number of aromatic nitrogens is 2. The van der Waals surface area contributed by atoms with E-state index in [4.69, 9.17) is 0 Å². The third kappa shape index (κ3) is 2.83. The van der Waals surface area contributed by atoms with Crippen LogP contribution in [0, 0.1) is 5.41 Å². The maximum absolute atomic E-state index is 12.7. The molecule has 0 bridgehead atoms. The van der Waals surface area contributed by atoms with Gasteiger partial charge in [-0.3, -0.25) is 14.3 Å². The number of rotatable bonds is 3. The van der Waals surface area contributed by atoms with Crippen LogP contribution in [0.3, 0.4) is 0 Å². The molecule has 0 radical (unpaired) electrons. The molecule has 1 heterocycles. The second-order valence-corrected chi connectivity index (χ2v) is 5.09. The fourth-order valence-corrected chi connectivity index (χ4v) is 2.36. The van der Waals surface area contributed by atoms with Crippen molar-refractivity contribution in [3.8, 4) is 0 Å². The number of halogens is 3. The molecule has 1 aromatic rings. The Labute approximate surface area is 123 Å². The molecular weight excluding hydrogens is 303 g/mol. The molecule has 0 saturated heterocycles. The fourth-order valence-electron chi connectivity index (χ4n) is 2.36. The van der Waals surface area contributed by atoms with Crippen molar-refractivity contribution in [3.63, 3.8) is 0 Å². The Bertz CT molecular complexity index is 636. The standard InChI is InChI=1S/C13H14F3N3O3/c1-19-8(13(14,15)16)7-9(18-19)17-10(20)12(11(21)22)5-3-2-4-6-12/h2-3,7H,4-6H2,1H3,(H,21,22)(H,17,18,20). The lowest BCUT2D eigenvalue weighted by molar-refractivity contribution is -0.154. The summed E-state index contributed by atoms with van der Waals surface area (Å²) < 4.78 is 38.6. The molecular formula is C13H14F3N3O3. The lowest BCUT2D eigenvalue weighted by Gasteiger charge is -2.28. The maximum Gasteiger partial charge on any atom is 0.433 e. The van der Waals surface area contributed by atoms with E-state index in [-0.39, 0.29) is 18.7 Å². The van der Waals surface area contributed by atoms with E-state index in [1.807, 2.05) is 0 Å². The summed E-state index contributed by atoms with van der Waals surface area (Å²) in [6, 6.07) is 0.673. The van der Waals surface area contributed by atoms with Crippen LogP contribution < -0.4 is 5.32 Å². The second kappa shape index (κ2) is 5.47. The minimum Gasteiger partial charge on any atom is -0.480 e. The first-order valence-electron chi connectivity index (χ1n) is 6.48. The Kier molecular flexibility index (Phi) is 3.99. The summed E-state index contributed by atoms with van der Waals surface area (Å²) in [5.41, 5.74) is -2.71. The molecule has 0 fully saturated rings. The number of aryl methyl sites for hydroxylation is 1. The maximum atomic E-state index is 12.7. The summed E-state index contributed by atoms with van der Waals surface area (Å²) in [7, 11) is 1.09. The topological polar surface area (TPSA) is 84.2 Å². The number of alkyl halides is 3. The van der Waals surface area contributed by atoms with Gasteiger partial charge in [-0.25, -0.2) is 0 Å². The molecule has 1 atom stereocenters. The van der Waals surface area contributed by atoms with E-state index in [9.17, 15) is 27.9 Å². The van der Waals surface area contributed by atoms with Gasteiger partial charge in [-0.2, -0.15) is 18.3 Å². The highest BCUT2D eigenvalue weighted by Crippen LogP contribution is 2.35. The molecule has 1 aliphatic carbocycles. The molecule has 1 amide bonds. The van der Waals surface area contributed by atoms with Gasteiger partial charge >= 0.3 is 12.1 Å². The molecule has 1 unspecified atom stereocenters. The van der Waals surface area contributed by atoms with Gasteiger partial charge in [0, 0.05) is 13.1 Å². The van der Waals surface area contributed by atoms with Gasteiger partial charge in [0.05, 0.1) is 0 Å². The number of carboxylic acids is 1. The second-order valence-electron chi connectivity index (χ2n) is 5.09. The zero-order valence-corrected chi connectivity index (χ0v) is 11.6. The highest BCUT2D eigenvalue weighted by Gasteiger charge is 2.46. The number of carboxylic acid groups (broad SMARTS) is 1. The van der Waals surface area contributed by atoms with Crippen LogP contribution in [-0.4, -0.2) is 26.8 Å². The van der Waals surface area contributed by atoms with Crippen LogP contribution in [0.1, 0.15) is 25.0 Å². The van der Waals surface area contributed by atoms with Crippen LogP contribution in [-0.2, 0) is 22.8 Å². The number of nitrogens with one attached hydrogen (secondary N) is 1. The normalized spacial score (nSPS) is 21.6. The number of anilines is 1. The predicted molar refractivity (Wildman–Crippen MR) is 69.9 cm³/mol. The number of aliphatic carboxylic acids is 1. The molecule has 120 valence electrons. The van der Waals surface area contributed by atoms with Crippen molar-refractivity contribution in [3.05, 3.63) is 23.9 Å². The predicted octanol–water partition coefficient (Wildman–Crippen LogP) is 2.19. The van der Waals surface area contributed by atoms with Crippen molar-refractivity contribution in [1.29, 1.82) is 0 Å². The molecule has 6 nitrogen and oxygen atoms in total. The van der Waals surface area contributed by atoms with Crippen LogP contribution in [0.5, 0.6) is 0 Å². The average Bonchev–Trinajstić information content (AvgIpc) is 2.80. The van der Waals surface area contributed by atoms with Crippen molar-refractivity contribution in [2.24, 2.45) is 12.5 Å². The highest BCUT2D eigenvalue weighted by atomic mass is 19.4. The summed E-state index contributed by atoms with van der Waals surface area (Å²) in [5, 5.41) is 15.1. The van der Waals surface area contributed by atoms with Gasteiger partial charge in [0.2, 0.25) is 5.91 Å². The molecule has 1 aliphatic rings. The van der Waals surface area contributed by atoms with Crippen molar-refractivity contribution >= 4 is 17.7 Å². The van der Waals surface area contributed by atoms with Crippen LogP contribution in [0.15, 0.2) is 18.2 Å². The van der Waals surface area contributed by atoms with Crippen LogP contribution in [0.25, 0.3) is 0 Å². The van der Waals surface area contributed by atoms with Crippen LogP contribution in [0.2, 0.25) is 0 Å². The summed E-state index contributed by atoms with van der Waals surface area (Å²) in [6.07, 6.45) is -0.775. The molecule has 1 aromatic heterocycles. The molecule has 0 spiro atoms. The number of amides is 1. The lowest BCUT2D eigenvalue weighted by atomic mass is 9.76. The fraction of sp³-hybridized carbons (Fsp3) is 0.462. The summed E-state index contributed by atoms with van der Waals surface area (Å²) in [5.74, 6) is -2.49. The van der Waals surface area contributed by atoms with Crippen LogP contribution in [0.4, 0.5) is 19.0 Å². The Morgan fingerprint density at radius 3 is 2.55 bits per heavy atom. The molecule has 2 N–H and O–H groups in total. The number of hydrogen-bond donors (Lipinski definition) is 2. The monoisotopic (exact) mass is 317 g/mol. The number of carbonyl (C=O) groups excluding carboxylic acids is 1. The van der Waals surface area contributed by atoms with Gasteiger partial charge < -0.3 is 10.4 Å². The first kappa shape index (κ1) is 16.1. The Morgan fingerprint density at radius 2 is 2.09 bits per heavy atom. The van der Waals surface area contributed by atoms with E-state index in [2.05, 4.69) is 10.4 Å². The van der Waals surface area contributed by atoms with E-state index in [1.165, 1.54) is 0 Å². The first-order valence-corrected chi connectivity index (χ1v) is 6.48. The summed E-state index contributed by atoms with van der Waals surface area (Å²) >= 11 is 0. The van der Waals surface area contributed by atoms with Crippen LogP contribution >= 0.6 is 0 Å². The number of allylic oxidation sites excluding steroid dienone is 2. The van der Waals surface area contributed by atoms with Gasteiger partial charge in [-0.05, 0) is 19.3 Å². The van der Waals surface area contributed by atoms with E-state index >= 15 is 0 Å². The van der Waals surface area contributed by atoms with E-state index < -0.39 is 29.2 Å². The third-order valence-corrected chi connectivity index (χ3v) is 3.63. The number of nitrogens with zero attached hydrogens (tertiary/aromatic N) is 2. The third-order valence-electron chi connectivity index (χ3n) is 3.63. The van der Waals surface area contributed by atoms with Gasteiger partial charge in [-0.15, -0.1) is 0 Å². The quantitative estimate of drug-likeness (QED) is 0.661. The van der Waals surface area contributed by atoms with Gasteiger partial charge in [0.25, 0.3) is 0 Å². The van der Waals surface area contributed by atoms with Crippen molar-refractivity contribution in [1.82, 2.24) is 9.78 Å². The summed E-state index contributed by atoms with van der Waals surface area (Å²) in [4.78, 5) is 23.7. The van der Waals surface area contributed by atoms with Crippen molar-refractivity contribution < 1.29 is 27.9 Å². The van der Waals surface area contributed by atoms with E-state index in [0.29, 0.717) is 17.2 Å². The number of carbonyl (C=O) groups is 2. The largest absolute Gasteiger partial charge is 0.480 e. The van der Waals surface area contributed by atoms with E-state index in [0.717, 1.165) is 7.05 Å². The average molecular weight is 317 g/mol. The lowest BCUT2D eigenvalue weighted by Crippen LogP contribution is -2.43.